The first kappa shape index (κ1) is 9.90. The summed E-state index contributed by atoms with van der Waals surface area (Å²) in [6.07, 6.45) is 4.86. The molecule has 0 aromatic carbocycles. The Bertz CT molecular complexity index is 293. The van der Waals surface area contributed by atoms with Crippen LogP contribution in [0.1, 0.15) is 38.9 Å². The highest BCUT2D eigenvalue weighted by atomic mass is 32.1. The van der Waals surface area contributed by atoms with Gasteiger partial charge >= 0.3 is 0 Å². The smallest absolute Gasteiger partial charge is 0.202 e. The number of rotatable bonds is 5. The summed E-state index contributed by atoms with van der Waals surface area (Å²) in [4.78, 5) is 4.45. The topological polar surface area (TPSA) is 37.8 Å². The van der Waals surface area contributed by atoms with Crippen molar-refractivity contribution in [1.29, 1.82) is 0 Å². The molecule has 14 heavy (non-hydrogen) atoms. The molecule has 1 aromatic heterocycles. The van der Waals surface area contributed by atoms with Gasteiger partial charge in [0.2, 0.25) is 5.13 Å². The Kier molecular flexibility index (Phi) is 3.01. The minimum atomic E-state index is 0.567. The average molecular weight is 211 g/mol. The summed E-state index contributed by atoms with van der Waals surface area (Å²) in [7, 11) is 0. The molecule has 0 saturated heterocycles. The lowest BCUT2D eigenvalue weighted by molar-refractivity contribution is 0.692. The molecule has 1 unspecified atom stereocenters. The van der Waals surface area contributed by atoms with Crippen LogP contribution in [0, 0.1) is 5.92 Å². The standard InChI is InChI=1S/C10H17N3S/c1-3-4-9-12-10(14-13-9)11-7(2)8-5-6-8/h7-8H,3-6H2,1-2H3,(H,11,12,13). The lowest BCUT2D eigenvalue weighted by Gasteiger charge is -2.09. The summed E-state index contributed by atoms with van der Waals surface area (Å²) in [5, 5.41) is 4.42. The fourth-order valence-corrected chi connectivity index (χ4v) is 2.26. The molecule has 1 N–H and O–H groups in total. The Hall–Kier alpha value is -0.640. The van der Waals surface area contributed by atoms with E-state index >= 15 is 0 Å². The highest BCUT2D eigenvalue weighted by molar-refractivity contribution is 7.09. The van der Waals surface area contributed by atoms with Crippen LogP contribution in [0.3, 0.4) is 0 Å². The van der Waals surface area contributed by atoms with Gasteiger partial charge in [-0.15, -0.1) is 0 Å². The molecule has 0 radical (unpaired) electrons. The molecule has 1 atom stereocenters. The summed E-state index contributed by atoms with van der Waals surface area (Å²) in [6.45, 7) is 4.39. The van der Waals surface area contributed by atoms with Gasteiger partial charge in [0.15, 0.2) is 0 Å². The van der Waals surface area contributed by atoms with E-state index in [1.807, 2.05) is 0 Å². The van der Waals surface area contributed by atoms with Crippen LogP contribution >= 0.6 is 11.5 Å². The van der Waals surface area contributed by atoms with Gasteiger partial charge in [0.25, 0.3) is 0 Å². The molecule has 1 fully saturated rings. The molecule has 78 valence electrons. The van der Waals surface area contributed by atoms with E-state index in [1.54, 1.807) is 0 Å². The van der Waals surface area contributed by atoms with E-state index in [4.69, 9.17) is 0 Å². The van der Waals surface area contributed by atoms with Crippen molar-refractivity contribution in [3.63, 3.8) is 0 Å². The zero-order valence-corrected chi connectivity index (χ0v) is 9.60. The third kappa shape index (κ3) is 2.44. The van der Waals surface area contributed by atoms with Crippen molar-refractivity contribution in [2.24, 2.45) is 5.92 Å². The monoisotopic (exact) mass is 211 g/mol. The molecule has 2 rings (SSSR count). The summed E-state index contributed by atoms with van der Waals surface area (Å²) in [5.41, 5.74) is 0. The fraction of sp³-hybridized carbons (Fsp3) is 0.800. The highest BCUT2D eigenvalue weighted by Crippen LogP contribution is 2.34. The van der Waals surface area contributed by atoms with Crippen molar-refractivity contribution in [3.05, 3.63) is 5.82 Å². The van der Waals surface area contributed by atoms with Gasteiger partial charge in [0, 0.05) is 24.0 Å². The van der Waals surface area contributed by atoms with E-state index in [1.165, 1.54) is 24.4 Å². The van der Waals surface area contributed by atoms with E-state index < -0.39 is 0 Å². The maximum absolute atomic E-state index is 4.45. The van der Waals surface area contributed by atoms with Crippen molar-refractivity contribution in [3.8, 4) is 0 Å². The van der Waals surface area contributed by atoms with Gasteiger partial charge in [-0.25, -0.2) is 4.98 Å². The van der Waals surface area contributed by atoms with E-state index in [-0.39, 0.29) is 0 Å². The fourth-order valence-electron chi connectivity index (χ4n) is 1.55. The molecular formula is C10H17N3S. The van der Waals surface area contributed by atoms with E-state index in [9.17, 15) is 0 Å². The van der Waals surface area contributed by atoms with Gasteiger partial charge in [0.1, 0.15) is 5.82 Å². The Morgan fingerprint density at radius 3 is 3.00 bits per heavy atom. The SMILES string of the molecule is CCCc1nsc(NC(C)C2CC2)n1. The van der Waals surface area contributed by atoms with E-state index in [2.05, 4.69) is 28.5 Å². The van der Waals surface area contributed by atoms with Crippen LogP contribution in [0.5, 0.6) is 0 Å². The van der Waals surface area contributed by atoms with Gasteiger partial charge in [0.05, 0.1) is 0 Å². The lowest BCUT2D eigenvalue weighted by Crippen LogP contribution is -2.16. The molecule has 3 nitrogen and oxygen atoms in total. The first-order valence-electron chi connectivity index (χ1n) is 5.38. The van der Waals surface area contributed by atoms with Gasteiger partial charge in [-0.2, -0.15) is 4.37 Å². The molecule has 1 saturated carbocycles. The minimum Gasteiger partial charge on any atom is -0.358 e. The van der Waals surface area contributed by atoms with Crippen molar-refractivity contribution in [1.82, 2.24) is 9.36 Å². The first-order chi connectivity index (χ1) is 6.79. The number of anilines is 1. The predicted octanol–water partition coefficient (Wildman–Crippen LogP) is 2.70. The molecule has 4 heteroatoms. The quantitative estimate of drug-likeness (QED) is 0.813. The zero-order valence-electron chi connectivity index (χ0n) is 8.79. The van der Waals surface area contributed by atoms with Crippen molar-refractivity contribution >= 4 is 16.7 Å². The second-order valence-corrected chi connectivity index (χ2v) is 4.79. The molecule has 1 heterocycles. The second kappa shape index (κ2) is 4.26. The first-order valence-corrected chi connectivity index (χ1v) is 6.16. The average Bonchev–Trinajstić information content (AvgIpc) is 2.92. The summed E-state index contributed by atoms with van der Waals surface area (Å²) < 4.78 is 4.31. The lowest BCUT2D eigenvalue weighted by atomic mass is 10.2. The molecular weight excluding hydrogens is 194 g/mol. The van der Waals surface area contributed by atoms with Crippen LogP contribution in [0.4, 0.5) is 5.13 Å². The number of aryl methyl sites for hydroxylation is 1. The van der Waals surface area contributed by atoms with Crippen molar-refractivity contribution in [2.45, 2.75) is 45.6 Å². The molecule has 1 aromatic rings. The zero-order chi connectivity index (χ0) is 9.97. The Balaban J connectivity index is 1.88. The summed E-state index contributed by atoms with van der Waals surface area (Å²) in [5.74, 6) is 1.86. The summed E-state index contributed by atoms with van der Waals surface area (Å²) in [6, 6.07) is 0.567. The molecule has 1 aliphatic carbocycles. The molecule has 0 amide bonds. The third-order valence-corrected chi connectivity index (χ3v) is 3.31. The number of hydrogen-bond acceptors (Lipinski definition) is 4. The Morgan fingerprint density at radius 1 is 1.57 bits per heavy atom. The number of aromatic nitrogens is 2. The second-order valence-electron chi connectivity index (χ2n) is 4.04. The minimum absolute atomic E-state index is 0.567. The largest absolute Gasteiger partial charge is 0.358 e. The van der Waals surface area contributed by atoms with E-state index in [0.717, 1.165) is 29.7 Å². The van der Waals surface area contributed by atoms with Crippen LogP contribution < -0.4 is 5.32 Å². The third-order valence-electron chi connectivity index (χ3n) is 2.62. The van der Waals surface area contributed by atoms with Gasteiger partial charge in [-0.1, -0.05) is 6.92 Å². The Morgan fingerprint density at radius 2 is 2.36 bits per heavy atom. The van der Waals surface area contributed by atoms with Gasteiger partial charge < -0.3 is 5.32 Å². The van der Waals surface area contributed by atoms with E-state index in [0.29, 0.717) is 6.04 Å². The van der Waals surface area contributed by atoms with Crippen molar-refractivity contribution < 1.29 is 0 Å². The number of nitrogens with one attached hydrogen (secondary N) is 1. The van der Waals surface area contributed by atoms with Crippen LogP contribution in [-0.4, -0.2) is 15.4 Å². The normalized spacial score (nSPS) is 18.1. The van der Waals surface area contributed by atoms with Gasteiger partial charge in [-0.3, -0.25) is 0 Å². The summed E-state index contributed by atoms with van der Waals surface area (Å²) >= 11 is 1.49. The maximum Gasteiger partial charge on any atom is 0.202 e. The molecule has 0 aliphatic heterocycles. The van der Waals surface area contributed by atoms with Crippen LogP contribution in [0.2, 0.25) is 0 Å². The van der Waals surface area contributed by atoms with Crippen LogP contribution in [-0.2, 0) is 6.42 Å². The molecule has 1 aliphatic rings. The predicted molar refractivity (Wildman–Crippen MR) is 59.7 cm³/mol. The van der Waals surface area contributed by atoms with Gasteiger partial charge in [-0.05, 0) is 32.1 Å². The number of hydrogen-bond donors (Lipinski definition) is 1. The maximum atomic E-state index is 4.45. The van der Waals surface area contributed by atoms with Crippen LogP contribution in [0.25, 0.3) is 0 Å². The number of nitrogens with zero attached hydrogens (tertiary/aromatic N) is 2. The molecule has 0 spiro atoms. The van der Waals surface area contributed by atoms with Crippen LogP contribution in [0.15, 0.2) is 0 Å². The Labute approximate surface area is 89.1 Å². The van der Waals surface area contributed by atoms with Crippen molar-refractivity contribution in [2.75, 3.05) is 5.32 Å². The highest BCUT2D eigenvalue weighted by Gasteiger charge is 2.28. The molecule has 0 bridgehead atoms.